The number of rotatable bonds is 3. The zero-order valence-electron chi connectivity index (χ0n) is 13.6. The molecule has 124 valence electrons. The number of hydrogen-bond acceptors (Lipinski definition) is 3. The average molecular weight is 324 g/mol. The van der Waals surface area contributed by atoms with Gasteiger partial charge >= 0.3 is 0 Å². The fourth-order valence-corrected chi connectivity index (χ4v) is 3.02. The molecule has 1 N–H and O–H groups in total. The Morgan fingerprint density at radius 2 is 1.83 bits per heavy atom. The van der Waals surface area contributed by atoms with Gasteiger partial charge in [-0.1, -0.05) is 42.5 Å². The van der Waals surface area contributed by atoms with Gasteiger partial charge in [0, 0.05) is 13.1 Å². The van der Waals surface area contributed by atoms with Crippen molar-refractivity contribution >= 4 is 11.8 Å². The average Bonchev–Trinajstić information content (AvgIpc) is 2.83. The van der Waals surface area contributed by atoms with E-state index in [4.69, 9.17) is 4.74 Å². The second kappa shape index (κ2) is 7.17. The van der Waals surface area contributed by atoms with Gasteiger partial charge in [0.1, 0.15) is 5.75 Å². The van der Waals surface area contributed by atoms with Gasteiger partial charge in [-0.25, -0.2) is 0 Å². The lowest BCUT2D eigenvalue weighted by Gasteiger charge is -2.30. The molecule has 2 aromatic carbocycles. The molecule has 2 amide bonds. The molecule has 1 aliphatic heterocycles. The molecule has 0 aromatic heterocycles. The van der Waals surface area contributed by atoms with Crippen LogP contribution in [0.15, 0.2) is 54.6 Å². The molecule has 0 saturated carbocycles. The maximum atomic E-state index is 13.1. The first kappa shape index (κ1) is 16.1. The van der Waals surface area contributed by atoms with Gasteiger partial charge in [0.25, 0.3) is 5.91 Å². The van der Waals surface area contributed by atoms with Crippen LogP contribution >= 0.6 is 0 Å². The second-order valence-electron chi connectivity index (χ2n) is 5.68. The van der Waals surface area contributed by atoms with Gasteiger partial charge in [0.05, 0.1) is 25.1 Å². The van der Waals surface area contributed by atoms with Crippen molar-refractivity contribution in [2.24, 2.45) is 0 Å². The van der Waals surface area contributed by atoms with Crippen molar-refractivity contribution in [1.82, 2.24) is 10.2 Å². The standard InChI is InChI=1S/C19H20N2O3/c1-24-17-10-6-5-9-15(17)19(23)21-12-11-20-18(22)13-16(21)14-7-3-2-4-8-14/h2-10,16H,11-13H2,1H3,(H,20,22). The maximum Gasteiger partial charge on any atom is 0.258 e. The van der Waals surface area contributed by atoms with Crippen molar-refractivity contribution in [2.45, 2.75) is 12.5 Å². The predicted molar refractivity (Wildman–Crippen MR) is 90.8 cm³/mol. The summed E-state index contributed by atoms with van der Waals surface area (Å²) in [5.41, 5.74) is 1.47. The quantitative estimate of drug-likeness (QED) is 0.943. The van der Waals surface area contributed by atoms with Crippen LogP contribution in [0.2, 0.25) is 0 Å². The summed E-state index contributed by atoms with van der Waals surface area (Å²) < 4.78 is 5.32. The Hall–Kier alpha value is -2.82. The molecule has 1 atom stereocenters. The molecule has 1 aliphatic rings. The highest BCUT2D eigenvalue weighted by molar-refractivity contribution is 5.97. The molecule has 0 bridgehead atoms. The summed E-state index contributed by atoms with van der Waals surface area (Å²) in [4.78, 5) is 26.9. The molecule has 1 unspecified atom stereocenters. The maximum absolute atomic E-state index is 13.1. The monoisotopic (exact) mass is 324 g/mol. The Bertz CT molecular complexity index is 730. The highest BCUT2D eigenvalue weighted by atomic mass is 16.5. The third kappa shape index (κ3) is 3.25. The number of carbonyl (C=O) groups is 2. The third-order valence-electron chi connectivity index (χ3n) is 4.21. The number of hydrogen-bond donors (Lipinski definition) is 1. The van der Waals surface area contributed by atoms with E-state index >= 15 is 0 Å². The Labute approximate surface area is 141 Å². The van der Waals surface area contributed by atoms with E-state index in [2.05, 4.69) is 5.32 Å². The van der Waals surface area contributed by atoms with Crippen molar-refractivity contribution < 1.29 is 14.3 Å². The smallest absolute Gasteiger partial charge is 0.258 e. The van der Waals surface area contributed by atoms with Gasteiger partial charge < -0.3 is 15.0 Å². The van der Waals surface area contributed by atoms with E-state index in [-0.39, 0.29) is 24.3 Å². The first-order chi connectivity index (χ1) is 11.7. The van der Waals surface area contributed by atoms with Crippen LogP contribution in [0, 0.1) is 0 Å². The number of nitrogens with zero attached hydrogens (tertiary/aromatic N) is 1. The number of methoxy groups -OCH3 is 1. The SMILES string of the molecule is COc1ccccc1C(=O)N1CCNC(=O)CC1c1ccccc1. The summed E-state index contributed by atoms with van der Waals surface area (Å²) in [5.74, 6) is 0.370. The van der Waals surface area contributed by atoms with Crippen LogP contribution in [-0.2, 0) is 4.79 Å². The largest absolute Gasteiger partial charge is 0.496 e. The summed E-state index contributed by atoms with van der Waals surface area (Å²) in [5, 5.41) is 2.85. The molecule has 24 heavy (non-hydrogen) atoms. The van der Waals surface area contributed by atoms with Crippen molar-refractivity contribution in [3.8, 4) is 5.75 Å². The Morgan fingerprint density at radius 1 is 1.12 bits per heavy atom. The highest BCUT2D eigenvalue weighted by Gasteiger charge is 2.31. The van der Waals surface area contributed by atoms with E-state index < -0.39 is 0 Å². The van der Waals surface area contributed by atoms with Crippen LogP contribution in [0.5, 0.6) is 5.75 Å². The molecule has 5 heteroatoms. The lowest BCUT2D eigenvalue weighted by atomic mass is 10.0. The van der Waals surface area contributed by atoms with Crippen LogP contribution in [-0.4, -0.2) is 36.9 Å². The normalized spacial score (nSPS) is 17.8. The summed E-state index contributed by atoms with van der Waals surface area (Å²) in [6, 6.07) is 16.5. The lowest BCUT2D eigenvalue weighted by Crippen LogP contribution is -2.36. The number of carbonyl (C=O) groups excluding carboxylic acids is 2. The van der Waals surface area contributed by atoms with Crippen molar-refractivity contribution in [3.63, 3.8) is 0 Å². The fourth-order valence-electron chi connectivity index (χ4n) is 3.02. The molecular weight excluding hydrogens is 304 g/mol. The Kier molecular flexibility index (Phi) is 4.79. The van der Waals surface area contributed by atoms with Crippen molar-refractivity contribution in [3.05, 3.63) is 65.7 Å². The van der Waals surface area contributed by atoms with E-state index in [0.717, 1.165) is 5.56 Å². The van der Waals surface area contributed by atoms with Gasteiger partial charge in [0.2, 0.25) is 5.91 Å². The Morgan fingerprint density at radius 3 is 2.58 bits per heavy atom. The van der Waals surface area contributed by atoms with Gasteiger partial charge in [-0.3, -0.25) is 9.59 Å². The molecule has 1 fully saturated rings. The lowest BCUT2D eigenvalue weighted by molar-refractivity contribution is -0.121. The molecule has 2 aromatic rings. The number of ether oxygens (including phenoxy) is 1. The fraction of sp³-hybridized carbons (Fsp3) is 0.263. The highest BCUT2D eigenvalue weighted by Crippen LogP contribution is 2.29. The topological polar surface area (TPSA) is 58.6 Å². The van der Waals surface area contributed by atoms with Crippen molar-refractivity contribution in [1.29, 1.82) is 0 Å². The molecule has 0 aliphatic carbocycles. The van der Waals surface area contributed by atoms with Crippen LogP contribution in [0.25, 0.3) is 0 Å². The first-order valence-corrected chi connectivity index (χ1v) is 7.96. The number of benzene rings is 2. The van der Waals surface area contributed by atoms with Crippen LogP contribution in [0.1, 0.15) is 28.4 Å². The van der Waals surface area contributed by atoms with E-state index in [1.54, 1.807) is 24.1 Å². The molecule has 5 nitrogen and oxygen atoms in total. The minimum Gasteiger partial charge on any atom is -0.496 e. The molecular formula is C19H20N2O3. The minimum atomic E-state index is -0.286. The van der Waals surface area contributed by atoms with Crippen LogP contribution in [0.3, 0.4) is 0 Å². The molecule has 0 spiro atoms. The van der Waals surface area contributed by atoms with Gasteiger partial charge in [-0.05, 0) is 17.7 Å². The van der Waals surface area contributed by atoms with Gasteiger partial charge in [-0.15, -0.1) is 0 Å². The Balaban J connectivity index is 1.98. The third-order valence-corrected chi connectivity index (χ3v) is 4.21. The summed E-state index contributed by atoms with van der Waals surface area (Å²) in [7, 11) is 1.55. The number of nitrogens with one attached hydrogen (secondary N) is 1. The number of para-hydroxylation sites is 1. The summed E-state index contributed by atoms with van der Waals surface area (Å²) in [6.45, 7) is 0.908. The molecule has 3 rings (SSSR count). The van der Waals surface area contributed by atoms with Gasteiger partial charge in [0.15, 0.2) is 0 Å². The molecule has 1 saturated heterocycles. The molecule has 1 heterocycles. The van der Waals surface area contributed by atoms with Crippen LogP contribution < -0.4 is 10.1 Å². The summed E-state index contributed by atoms with van der Waals surface area (Å²) in [6.07, 6.45) is 0.255. The van der Waals surface area contributed by atoms with Crippen molar-refractivity contribution in [2.75, 3.05) is 20.2 Å². The van der Waals surface area contributed by atoms with E-state index in [9.17, 15) is 9.59 Å². The zero-order valence-corrected chi connectivity index (χ0v) is 13.6. The van der Waals surface area contributed by atoms with E-state index in [0.29, 0.717) is 24.4 Å². The summed E-state index contributed by atoms with van der Waals surface area (Å²) >= 11 is 0. The van der Waals surface area contributed by atoms with Crippen LogP contribution in [0.4, 0.5) is 0 Å². The van der Waals surface area contributed by atoms with E-state index in [1.165, 1.54) is 0 Å². The molecule has 0 radical (unpaired) electrons. The second-order valence-corrected chi connectivity index (χ2v) is 5.68. The van der Waals surface area contributed by atoms with E-state index in [1.807, 2.05) is 42.5 Å². The first-order valence-electron chi connectivity index (χ1n) is 7.96. The number of amides is 2. The van der Waals surface area contributed by atoms with Gasteiger partial charge in [-0.2, -0.15) is 0 Å². The minimum absolute atomic E-state index is 0.0424. The predicted octanol–water partition coefficient (Wildman–Crippen LogP) is 2.40. The zero-order chi connectivity index (χ0) is 16.9.